The van der Waals surface area contributed by atoms with Crippen LogP contribution in [0.15, 0.2) is 71.2 Å². The number of aliphatic carboxylic acids is 1. The molecular weight excluding hydrogens is 380 g/mol. The van der Waals surface area contributed by atoms with Gasteiger partial charge in [-0.1, -0.05) is 36.4 Å². The van der Waals surface area contributed by atoms with Crippen molar-refractivity contribution >= 4 is 41.1 Å². The molecule has 28 heavy (non-hydrogen) atoms. The topological polar surface area (TPSA) is 110 Å². The molecule has 0 saturated heterocycles. The Morgan fingerprint density at radius 3 is 2.36 bits per heavy atom. The van der Waals surface area contributed by atoms with Crippen LogP contribution < -0.4 is 5.32 Å². The van der Waals surface area contributed by atoms with Crippen molar-refractivity contribution in [2.24, 2.45) is 0 Å². The van der Waals surface area contributed by atoms with Crippen LogP contribution in [-0.2, 0) is 9.59 Å². The Balaban J connectivity index is 1.98. The predicted molar refractivity (Wildman–Crippen MR) is 110 cm³/mol. The molecule has 0 heterocycles. The number of amides is 1. The molecule has 2 aromatic carbocycles. The van der Waals surface area contributed by atoms with Crippen LogP contribution >= 0.6 is 11.8 Å². The van der Waals surface area contributed by atoms with Crippen molar-refractivity contribution in [2.75, 3.05) is 11.1 Å². The van der Waals surface area contributed by atoms with Crippen LogP contribution in [-0.4, -0.2) is 27.7 Å². The summed E-state index contributed by atoms with van der Waals surface area (Å²) >= 11 is 0.904. The molecular formula is C20H18N2O5S. The molecule has 0 aromatic heterocycles. The maximum atomic E-state index is 12.0. The van der Waals surface area contributed by atoms with Crippen molar-refractivity contribution in [3.8, 4) is 0 Å². The smallest absolute Gasteiger partial charge is 0.342 e. The molecule has 144 valence electrons. The Kier molecular flexibility index (Phi) is 7.53. The van der Waals surface area contributed by atoms with E-state index in [4.69, 9.17) is 0 Å². The number of nitro groups is 1. The van der Waals surface area contributed by atoms with Crippen LogP contribution in [0, 0.1) is 10.1 Å². The molecule has 0 fully saturated rings. The van der Waals surface area contributed by atoms with E-state index in [1.807, 2.05) is 36.4 Å². The minimum atomic E-state index is -1.12. The number of hydrogen-bond acceptors (Lipinski definition) is 5. The van der Waals surface area contributed by atoms with Crippen molar-refractivity contribution in [1.82, 2.24) is 0 Å². The van der Waals surface area contributed by atoms with Gasteiger partial charge in [0.15, 0.2) is 0 Å². The first-order valence-electron chi connectivity index (χ1n) is 8.20. The van der Waals surface area contributed by atoms with Crippen molar-refractivity contribution in [1.29, 1.82) is 0 Å². The highest BCUT2D eigenvalue weighted by molar-refractivity contribution is 8.04. The fraction of sp³-hybridized carbons (Fsp3) is 0.100. The van der Waals surface area contributed by atoms with E-state index in [2.05, 4.69) is 5.32 Å². The fourth-order valence-corrected chi connectivity index (χ4v) is 2.98. The van der Waals surface area contributed by atoms with Gasteiger partial charge in [-0.3, -0.25) is 14.9 Å². The molecule has 2 aromatic rings. The van der Waals surface area contributed by atoms with Gasteiger partial charge in [0.1, 0.15) is 0 Å². The zero-order valence-electron chi connectivity index (χ0n) is 15.0. The molecule has 2 N–H and O–H groups in total. The first-order chi connectivity index (χ1) is 13.3. The average Bonchev–Trinajstić information content (AvgIpc) is 2.66. The summed E-state index contributed by atoms with van der Waals surface area (Å²) in [6.07, 6.45) is 3.36. The van der Waals surface area contributed by atoms with Crippen LogP contribution in [0.4, 0.5) is 11.4 Å². The number of carbonyl (C=O) groups excluding carboxylic acids is 1. The summed E-state index contributed by atoms with van der Waals surface area (Å²) in [4.78, 5) is 33.6. The fourth-order valence-electron chi connectivity index (χ4n) is 2.23. The maximum absolute atomic E-state index is 12.0. The zero-order chi connectivity index (χ0) is 20.5. The highest BCUT2D eigenvalue weighted by atomic mass is 32.2. The minimum Gasteiger partial charge on any atom is -0.477 e. The quantitative estimate of drug-likeness (QED) is 0.296. The maximum Gasteiger partial charge on any atom is 0.342 e. The Morgan fingerprint density at radius 2 is 1.79 bits per heavy atom. The number of hydrogen-bond donors (Lipinski definition) is 2. The third kappa shape index (κ3) is 6.73. The molecule has 0 atom stereocenters. The molecule has 1 amide bonds. The number of carbonyl (C=O) groups is 2. The summed E-state index contributed by atoms with van der Waals surface area (Å²) in [6.45, 7) is 1.79. The standard InChI is InChI=1S/C20H18N2O5S/c1-14(11-15-5-3-2-4-6-15)12-18(20(24)25)28-13-19(23)21-16-7-9-17(10-8-16)22(26)27/h2-12H,13H2,1H3,(H,21,23)(H,24,25)/b14-11+,18-12+. The van der Waals surface area contributed by atoms with Gasteiger partial charge in [-0.05, 0) is 36.3 Å². The Bertz CT molecular complexity index is 921. The van der Waals surface area contributed by atoms with E-state index in [0.29, 0.717) is 5.69 Å². The number of allylic oxidation sites excluding steroid dienone is 2. The monoisotopic (exact) mass is 398 g/mol. The zero-order valence-corrected chi connectivity index (χ0v) is 15.8. The van der Waals surface area contributed by atoms with Crippen molar-refractivity contribution in [3.05, 3.63) is 86.8 Å². The van der Waals surface area contributed by atoms with Crippen molar-refractivity contribution in [2.45, 2.75) is 6.92 Å². The Morgan fingerprint density at radius 1 is 1.14 bits per heavy atom. The number of non-ortho nitro benzene ring substituents is 1. The normalized spacial score (nSPS) is 11.8. The van der Waals surface area contributed by atoms with Gasteiger partial charge >= 0.3 is 5.97 Å². The van der Waals surface area contributed by atoms with E-state index in [-0.39, 0.29) is 16.3 Å². The van der Waals surface area contributed by atoms with Gasteiger partial charge in [-0.15, -0.1) is 11.8 Å². The summed E-state index contributed by atoms with van der Waals surface area (Å²) in [5, 5.41) is 22.6. The van der Waals surface area contributed by atoms with E-state index in [0.717, 1.165) is 22.9 Å². The molecule has 7 nitrogen and oxygen atoms in total. The third-order valence-electron chi connectivity index (χ3n) is 3.48. The molecule has 0 aliphatic carbocycles. The van der Waals surface area contributed by atoms with Crippen LogP contribution in [0.3, 0.4) is 0 Å². The van der Waals surface area contributed by atoms with Gasteiger partial charge in [0, 0.05) is 17.8 Å². The van der Waals surface area contributed by atoms with Gasteiger partial charge in [0.05, 0.1) is 15.6 Å². The summed E-state index contributed by atoms with van der Waals surface area (Å²) < 4.78 is 0. The highest BCUT2D eigenvalue weighted by Gasteiger charge is 2.12. The van der Waals surface area contributed by atoms with Gasteiger partial charge < -0.3 is 10.4 Å². The number of nitrogens with one attached hydrogen (secondary N) is 1. The van der Waals surface area contributed by atoms with Crippen LogP contribution in [0.2, 0.25) is 0 Å². The molecule has 0 spiro atoms. The van der Waals surface area contributed by atoms with E-state index < -0.39 is 16.8 Å². The lowest BCUT2D eigenvalue weighted by Crippen LogP contribution is -2.15. The second-order valence-corrected chi connectivity index (χ2v) is 6.77. The molecule has 0 bridgehead atoms. The van der Waals surface area contributed by atoms with Gasteiger partial charge in [-0.25, -0.2) is 4.79 Å². The molecule has 2 rings (SSSR count). The number of nitro benzene ring substituents is 1. The molecule has 0 unspecified atom stereocenters. The van der Waals surface area contributed by atoms with Crippen LogP contribution in [0.5, 0.6) is 0 Å². The molecule has 0 saturated carbocycles. The molecule has 0 radical (unpaired) electrons. The highest BCUT2D eigenvalue weighted by Crippen LogP contribution is 2.21. The lowest BCUT2D eigenvalue weighted by molar-refractivity contribution is -0.384. The van der Waals surface area contributed by atoms with E-state index in [1.54, 1.807) is 6.92 Å². The summed E-state index contributed by atoms with van der Waals surface area (Å²) in [5.74, 6) is -1.63. The second kappa shape index (κ2) is 10.1. The molecule has 8 heteroatoms. The lowest BCUT2D eigenvalue weighted by Gasteiger charge is -2.06. The van der Waals surface area contributed by atoms with E-state index >= 15 is 0 Å². The van der Waals surface area contributed by atoms with Crippen molar-refractivity contribution in [3.63, 3.8) is 0 Å². The molecule has 0 aliphatic heterocycles. The van der Waals surface area contributed by atoms with Gasteiger partial charge in [0.25, 0.3) is 5.69 Å². The largest absolute Gasteiger partial charge is 0.477 e. The van der Waals surface area contributed by atoms with Crippen molar-refractivity contribution < 1.29 is 19.6 Å². The number of anilines is 1. The van der Waals surface area contributed by atoms with E-state index in [1.165, 1.54) is 30.3 Å². The molecule has 0 aliphatic rings. The van der Waals surface area contributed by atoms with Gasteiger partial charge in [0.2, 0.25) is 5.91 Å². The minimum absolute atomic E-state index is 0.0449. The summed E-state index contributed by atoms with van der Waals surface area (Å²) in [6, 6.07) is 14.9. The second-order valence-electron chi connectivity index (χ2n) is 5.75. The first-order valence-corrected chi connectivity index (χ1v) is 9.19. The Labute approximate surface area is 165 Å². The van der Waals surface area contributed by atoms with Crippen LogP contribution in [0.25, 0.3) is 6.08 Å². The van der Waals surface area contributed by atoms with E-state index in [9.17, 15) is 24.8 Å². The predicted octanol–water partition coefficient (Wildman–Crippen LogP) is 4.34. The summed E-state index contributed by atoms with van der Waals surface area (Å²) in [7, 11) is 0. The lowest BCUT2D eigenvalue weighted by atomic mass is 10.1. The van der Waals surface area contributed by atoms with Crippen LogP contribution in [0.1, 0.15) is 12.5 Å². The third-order valence-corrected chi connectivity index (χ3v) is 4.49. The average molecular weight is 398 g/mol. The number of carboxylic acids is 1. The first kappa shape index (κ1) is 20.9. The summed E-state index contributed by atoms with van der Waals surface area (Å²) in [5.41, 5.74) is 2.01. The number of carboxylic acid groups (broad SMARTS) is 1. The number of nitrogens with zero attached hydrogens (tertiary/aromatic N) is 1. The Hall–Kier alpha value is -3.39. The SMILES string of the molecule is CC(=C\c1ccccc1)/C=C(/SCC(=O)Nc1ccc([N+](=O)[O-])cc1)C(=O)O. The van der Waals surface area contributed by atoms with Gasteiger partial charge in [-0.2, -0.15) is 0 Å². The number of benzene rings is 2. The number of thioether (sulfide) groups is 1. The number of rotatable bonds is 8.